The molecule has 0 spiro atoms. The van der Waals surface area contributed by atoms with Crippen LogP contribution in [0, 0.1) is 0 Å². The van der Waals surface area contributed by atoms with E-state index in [1.807, 2.05) is 12.1 Å². The zero-order valence-electron chi connectivity index (χ0n) is 18.0. The van der Waals surface area contributed by atoms with Crippen molar-refractivity contribution in [2.75, 3.05) is 4.90 Å². The van der Waals surface area contributed by atoms with E-state index >= 15 is 0 Å². The van der Waals surface area contributed by atoms with Crippen LogP contribution in [0.4, 0.5) is 5.69 Å². The summed E-state index contributed by atoms with van der Waals surface area (Å²) in [5.74, 6) is -1.96. The molecule has 3 heterocycles. The molecule has 168 valence electrons. The average molecular weight is 461 g/mol. The molecule has 0 radical (unpaired) electrons. The van der Waals surface area contributed by atoms with Gasteiger partial charge in [0.05, 0.1) is 5.69 Å². The molecule has 0 unspecified atom stereocenters. The molecule has 1 aliphatic rings. The summed E-state index contributed by atoms with van der Waals surface area (Å²) in [6, 6.07) is 14.7. The van der Waals surface area contributed by atoms with Gasteiger partial charge in [-0.15, -0.1) is 0 Å². The predicted octanol–water partition coefficient (Wildman–Crippen LogP) is 3.55. The van der Waals surface area contributed by atoms with E-state index in [0.29, 0.717) is 16.5 Å². The third-order valence-corrected chi connectivity index (χ3v) is 5.90. The Bertz CT molecular complexity index is 1550. The summed E-state index contributed by atoms with van der Waals surface area (Å²) in [6.07, 6.45) is 5.87. The monoisotopic (exact) mass is 461 g/mol. The molecule has 0 aliphatic carbocycles. The Morgan fingerprint density at radius 1 is 0.714 bits per heavy atom. The highest BCUT2D eigenvalue weighted by Crippen LogP contribution is 2.34. The number of nitrogens with one attached hydrogen (secondary N) is 2. The lowest BCUT2D eigenvalue weighted by Gasteiger charge is -2.27. The van der Waals surface area contributed by atoms with Crippen LogP contribution >= 0.6 is 0 Å². The van der Waals surface area contributed by atoms with Gasteiger partial charge >= 0.3 is 0 Å². The second-order valence-corrected chi connectivity index (χ2v) is 7.96. The van der Waals surface area contributed by atoms with Crippen molar-refractivity contribution >= 4 is 39.8 Å². The van der Waals surface area contributed by atoms with Crippen LogP contribution in [0.2, 0.25) is 0 Å². The molecule has 9 nitrogen and oxygen atoms in total. The molecule has 0 bridgehead atoms. The number of imide groups is 1. The normalized spacial score (nSPS) is 12.9. The highest BCUT2D eigenvalue weighted by Gasteiger charge is 2.35. The number of ketones is 2. The largest absolute Gasteiger partial charge is 0.342 e. The lowest BCUT2D eigenvalue weighted by molar-refractivity contribution is 0.0890. The second kappa shape index (κ2) is 7.70. The first kappa shape index (κ1) is 20.4. The van der Waals surface area contributed by atoms with Crippen molar-refractivity contribution in [3.8, 4) is 0 Å². The van der Waals surface area contributed by atoms with Gasteiger partial charge in [-0.05, 0) is 35.7 Å². The number of hydrogen-bond donors (Lipinski definition) is 2. The molecule has 0 fully saturated rings. The van der Waals surface area contributed by atoms with Gasteiger partial charge in [-0.1, -0.05) is 24.3 Å². The molecule has 35 heavy (non-hydrogen) atoms. The summed E-state index contributed by atoms with van der Waals surface area (Å²) in [6.45, 7) is 0. The molecule has 0 saturated carbocycles. The van der Waals surface area contributed by atoms with E-state index in [4.69, 9.17) is 0 Å². The Labute approximate surface area is 197 Å². The zero-order chi connectivity index (χ0) is 24.1. The number of H-pyrrole nitrogens is 2. The van der Waals surface area contributed by atoms with Gasteiger partial charge < -0.3 is 9.97 Å². The van der Waals surface area contributed by atoms with Gasteiger partial charge in [-0.2, -0.15) is 0 Å². The number of imidazole rings is 2. The Balaban J connectivity index is 1.54. The second-order valence-electron chi connectivity index (χ2n) is 7.96. The summed E-state index contributed by atoms with van der Waals surface area (Å²) in [5.41, 5.74) is 0.993. The molecule has 2 amide bonds. The van der Waals surface area contributed by atoms with Crippen LogP contribution in [0.1, 0.15) is 53.1 Å². The zero-order valence-corrected chi connectivity index (χ0v) is 18.0. The van der Waals surface area contributed by atoms with Crippen LogP contribution in [0.15, 0.2) is 79.4 Å². The molecule has 0 atom stereocenters. The Kier molecular flexibility index (Phi) is 4.49. The quantitative estimate of drug-likeness (QED) is 0.304. The van der Waals surface area contributed by atoms with Crippen LogP contribution in [-0.2, 0) is 0 Å². The fourth-order valence-electron chi connectivity index (χ4n) is 4.32. The third-order valence-electron chi connectivity index (χ3n) is 5.90. The SMILES string of the molecule is O=C(c1cc(C(=O)c2ncc[nH]2)cc(N2C(=O)c3cccc4cccc(c34)C2=O)c1)c1ncc[nH]1. The predicted molar refractivity (Wildman–Crippen MR) is 126 cm³/mol. The topological polar surface area (TPSA) is 129 Å². The number of hydrogen-bond acceptors (Lipinski definition) is 6. The maximum absolute atomic E-state index is 13.5. The fraction of sp³-hybridized carbons (Fsp3) is 0. The van der Waals surface area contributed by atoms with Crippen molar-refractivity contribution in [2.45, 2.75) is 0 Å². The number of nitrogens with zero attached hydrogens (tertiary/aromatic N) is 3. The van der Waals surface area contributed by atoms with E-state index in [1.54, 1.807) is 24.3 Å². The minimum Gasteiger partial charge on any atom is -0.342 e. The third kappa shape index (κ3) is 3.17. The van der Waals surface area contributed by atoms with E-state index in [2.05, 4.69) is 19.9 Å². The lowest BCUT2D eigenvalue weighted by atomic mass is 9.93. The minimum atomic E-state index is -0.543. The van der Waals surface area contributed by atoms with Gasteiger partial charge in [0.1, 0.15) is 0 Å². The Hall–Kier alpha value is -5.18. The maximum atomic E-state index is 13.5. The van der Waals surface area contributed by atoms with Crippen LogP contribution < -0.4 is 4.90 Å². The van der Waals surface area contributed by atoms with E-state index < -0.39 is 23.4 Å². The number of amides is 2. The number of carbonyl (C=O) groups excluding carboxylic acids is 4. The van der Waals surface area contributed by atoms with E-state index in [0.717, 1.165) is 10.3 Å². The summed E-state index contributed by atoms with van der Waals surface area (Å²) in [4.78, 5) is 67.7. The standard InChI is InChI=1S/C26H15N5O4/c32-21(23-27-7-8-28-23)15-11-16(22(33)24-29-9-10-30-24)13-17(12-15)31-25(34)18-5-1-3-14-4-2-6-19(20(14)18)26(31)35/h1-13H,(H,27,28)(H,29,30). The van der Waals surface area contributed by atoms with E-state index in [9.17, 15) is 19.2 Å². The first-order chi connectivity index (χ1) is 17.0. The highest BCUT2D eigenvalue weighted by molar-refractivity contribution is 6.36. The molecule has 3 aromatic carbocycles. The molecular weight excluding hydrogens is 446 g/mol. The molecule has 2 N–H and O–H groups in total. The summed E-state index contributed by atoms with van der Waals surface area (Å²) in [7, 11) is 0. The van der Waals surface area contributed by atoms with Crippen LogP contribution in [0.3, 0.4) is 0 Å². The van der Waals surface area contributed by atoms with Crippen molar-refractivity contribution in [3.05, 3.63) is 113 Å². The number of aromatic amines is 2. The molecule has 5 aromatic rings. The fourth-order valence-corrected chi connectivity index (χ4v) is 4.32. The number of anilines is 1. The number of rotatable bonds is 5. The van der Waals surface area contributed by atoms with Crippen molar-refractivity contribution in [1.82, 2.24) is 19.9 Å². The summed E-state index contributed by atoms with van der Waals surface area (Å²) in [5, 5.41) is 1.35. The first-order valence-electron chi connectivity index (χ1n) is 10.7. The van der Waals surface area contributed by atoms with Gasteiger partial charge in [0.2, 0.25) is 11.6 Å². The number of carbonyl (C=O) groups is 4. The maximum Gasteiger partial charge on any atom is 0.265 e. The first-order valence-corrected chi connectivity index (χ1v) is 10.7. The lowest BCUT2D eigenvalue weighted by Crippen LogP contribution is -2.40. The smallest absolute Gasteiger partial charge is 0.265 e. The van der Waals surface area contributed by atoms with E-state index in [-0.39, 0.29) is 28.5 Å². The number of benzene rings is 3. The average Bonchev–Trinajstić information content (AvgIpc) is 3.61. The molecular formula is C26H15N5O4. The van der Waals surface area contributed by atoms with Gasteiger partial charge in [0.25, 0.3) is 11.8 Å². The summed E-state index contributed by atoms with van der Waals surface area (Å²) >= 11 is 0. The number of aromatic nitrogens is 4. The molecule has 6 rings (SSSR count). The van der Waals surface area contributed by atoms with Crippen molar-refractivity contribution in [3.63, 3.8) is 0 Å². The molecule has 2 aromatic heterocycles. The van der Waals surface area contributed by atoms with E-state index in [1.165, 1.54) is 43.0 Å². The van der Waals surface area contributed by atoms with Crippen LogP contribution in [0.25, 0.3) is 10.8 Å². The molecule has 1 aliphatic heterocycles. The van der Waals surface area contributed by atoms with Crippen molar-refractivity contribution in [2.24, 2.45) is 0 Å². The minimum absolute atomic E-state index is 0.0601. The highest BCUT2D eigenvalue weighted by atomic mass is 16.2. The van der Waals surface area contributed by atoms with Crippen molar-refractivity contribution < 1.29 is 19.2 Å². The van der Waals surface area contributed by atoms with Crippen LogP contribution in [-0.4, -0.2) is 43.3 Å². The van der Waals surface area contributed by atoms with Crippen LogP contribution in [0.5, 0.6) is 0 Å². The van der Waals surface area contributed by atoms with Gasteiger partial charge in [0, 0.05) is 52.4 Å². The van der Waals surface area contributed by atoms with Gasteiger partial charge in [-0.3, -0.25) is 19.2 Å². The summed E-state index contributed by atoms with van der Waals surface area (Å²) < 4.78 is 0. The van der Waals surface area contributed by atoms with Gasteiger partial charge in [0.15, 0.2) is 11.6 Å². The molecule has 9 heteroatoms. The van der Waals surface area contributed by atoms with Crippen molar-refractivity contribution in [1.29, 1.82) is 0 Å². The Morgan fingerprint density at radius 2 is 1.23 bits per heavy atom. The molecule has 0 saturated heterocycles. The van der Waals surface area contributed by atoms with Gasteiger partial charge in [-0.25, -0.2) is 14.9 Å². The Morgan fingerprint density at radius 3 is 1.69 bits per heavy atom.